The third-order valence-electron chi connectivity index (χ3n) is 7.89. The number of thioether (sulfide) groups is 1. The van der Waals surface area contributed by atoms with Gasteiger partial charge < -0.3 is 20.6 Å². The van der Waals surface area contributed by atoms with E-state index in [2.05, 4.69) is 17.6 Å². The number of carbonyl (C=O) groups excluding carboxylic acids is 3. The largest absolute Gasteiger partial charge is 0.396 e. The molecule has 1 aromatic carbocycles. The van der Waals surface area contributed by atoms with Gasteiger partial charge in [-0.2, -0.15) is 0 Å². The van der Waals surface area contributed by atoms with Crippen molar-refractivity contribution in [2.45, 2.75) is 75.3 Å². The summed E-state index contributed by atoms with van der Waals surface area (Å²) in [5.41, 5.74) is 2.74. The topological polar surface area (TPSA) is 98.7 Å². The van der Waals surface area contributed by atoms with Crippen LogP contribution in [0.25, 0.3) is 0 Å². The van der Waals surface area contributed by atoms with Crippen molar-refractivity contribution < 1.29 is 19.5 Å². The molecule has 3 aliphatic heterocycles. The highest BCUT2D eigenvalue weighted by Gasteiger charge is 2.76. The second kappa shape index (κ2) is 9.53. The smallest absolute Gasteiger partial charge is 0.248 e. The number of carbonyl (C=O) groups is 3. The first-order chi connectivity index (χ1) is 16.2. The number of fused-ring (bicyclic) bond motifs is 1. The molecule has 186 valence electrons. The van der Waals surface area contributed by atoms with Gasteiger partial charge in [0.1, 0.15) is 6.04 Å². The number of hydrogen-bond acceptors (Lipinski definition) is 5. The fourth-order valence-corrected chi connectivity index (χ4v) is 8.68. The van der Waals surface area contributed by atoms with Crippen molar-refractivity contribution in [2.75, 3.05) is 25.0 Å². The Morgan fingerprint density at radius 1 is 1.18 bits per heavy atom. The average Bonchev–Trinajstić information content (AvgIpc) is 3.36. The molecule has 3 saturated heterocycles. The lowest BCUT2D eigenvalue weighted by molar-refractivity contribution is -0.140. The van der Waals surface area contributed by atoms with Gasteiger partial charge in [0.15, 0.2) is 0 Å². The molecule has 0 saturated carbocycles. The van der Waals surface area contributed by atoms with Gasteiger partial charge in [-0.1, -0.05) is 25.1 Å². The van der Waals surface area contributed by atoms with Crippen LogP contribution >= 0.6 is 11.8 Å². The third kappa shape index (κ3) is 3.92. The number of aryl methyl sites for hydroxylation is 2. The summed E-state index contributed by atoms with van der Waals surface area (Å²) < 4.78 is -0.966. The van der Waals surface area contributed by atoms with Crippen LogP contribution in [-0.2, 0) is 14.4 Å². The highest BCUT2D eigenvalue weighted by Crippen LogP contribution is 2.71. The second-order valence-electron chi connectivity index (χ2n) is 10.2. The number of para-hydroxylation sites is 1. The van der Waals surface area contributed by atoms with Crippen LogP contribution < -0.4 is 10.6 Å². The van der Waals surface area contributed by atoms with Crippen LogP contribution in [0.1, 0.15) is 57.1 Å². The maximum atomic E-state index is 13.9. The molecule has 1 spiro atoms. The molecule has 1 aromatic rings. The van der Waals surface area contributed by atoms with Gasteiger partial charge in [0, 0.05) is 30.1 Å². The summed E-state index contributed by atoms with van der Waals surface area (Å²) in [6.07, 6.45) is 3.57. The summed E-state index contributed by atoms with van der Waals surface area (Å²) >= 11 is 1.69. The predicted octanol–water partition coefficient (Wildman–Crippen LogP) is 3.02. The number of aliphatic hydroxyl groups excluding tert-OH is 1. The van der Waals surface area contributed by atoms with Crippen LogP contribution in [0.4, 0.5) is 5.69 Å². The van der Waals surface area contributed by atoms with Gasteiger partial charge in [-0.3, -0.25) is 14.4 Å². The predicted molar refractivity (Wildman–Crippen MR) is 135 cm³/mol. The highest BCUT2D eigenvalue weighted by atomic mass is 32.2. The number of aliphatic hydroxyl groups is 1. The second-order valence-corrected chi connectivity index (χ2v) is 12.1. The number of rotatable bonds is 9. The third-order valence-corrected chi connectivity index (χ3v) is 9.88. The van der Waals surface area contributed by atoms with Gasteiger partial charge in [-0.15, -0.1) is 11.8 Å². The number of hydrogen-bond donors (Lipinski definition) is 3. The summed E-state index contributed by atoms with van der Waals surface area (Å²) in [5.74, 6) is -1.28. The van der Waals surface area contributed by atoms with Gasteiger partial charge in [-0.25, -0.2) is 0 Å². The molecule has 3 N–H and O–H groups in total. The average molecular weight is 488 g/mol. The summed E-state index contributed by atoms with van der Waals surface area (Å²) in [6, 6.07) is 5.25. The Morgan fingerprint density at radius 3 is 2.53 bits per heavy atom. The van der Waals surface area contributed by atoms with Crippen molar-refractivity contribution in [3.63, 3.8) is 0 Å². The van der Waals surface area contributed by atoms with E-state index in [-0.39, 0.29) is 29.1 Å². The number of benzene rings is 1. The SMILES string of the molecule is CCCNC(=O)[C@H]1[C@H]2C(=O)N(CCCCO)C(C(=O)Nc3c(C)cccc3C)C23CC[C@]1(C)S3. The number of amides is 3. The van der Waals surface area contributed by atoms with Crippen molar-refractivity contribution in [1.82, 2.24) is 10.2 Å². The molecular formula is C26H37N3O4S. The number of anilines is 1. The highest BCUT2D eigenvalue weighted by molar-refractivity contribution is 8.02. The van der Waals surface area contributed by atoms with E-state index in [1.165, 1.54) is 0 Å². The quantitative estimate of drug-likeness (QED) is 0.465. The lowest BCUT2D eigenvalue weighted by Crippen LogP contribution is -2.52. The minimum atomic E-state index is -0.640. The number of unbranched alkanes of at least 4 members (excludes halogenated alkanes) is 1. The first-order valence-electron chi connectivity index (χ1n) is 12.5. The van der Waals surface area contributed by atoms with Crippen LogP contribution in [-0.4, -0.2) is 63.0 Å². The maximum Gasteiger partial charge on any atom is 0.248 e. The summed E-state index contributed by atoms with van der Waals surface area (Å²) in [4.78, 5) is 42.8. The minimum absolute atomic E-state index is 0.0464. The fraction of sp³-hybridized carbons (Fsp3) is 0.654. The number of nitrogens with zero attached hydrogens (tertiary/aromatic N) is 1. The first-order valence-corrected chi connectivity index (χ1v) is 13.3. The van der Waals surface area contributed by atoms with Crippen molar-refractivity contribution in [2.24, 2.45) is 11.8 Å². The Morgan fingerprint density at radius 2 is 1.88 bits per heavy atom. The zero-order chi connectivity index (χ0) is 24.7. The summed E-state index contributed by atoms with van der Waals surface area (Å²) in [5, 5.41) is 15.5. The Kier molecular flexibility index (Phi) is 7.02. The van der Waals surface area contributed by atoms with Gasteiger partial charge >= 0.3 is 0 Å². The van der Waals surface area contributed by atoms with Crippen molar-refractivity contribution >= 4 is 35.2 Å². The molecule has 5 atom stereocenters. The van der Waals surface area contributed by atoms with Crippen molar-refractivity contribution in [1.29, 1.82) is 0 Å². The summed E-state index contributed by atoms with van der Waals surface area (Å²) in [6.45, 7) is 9.07. The molecule has 4 rings (SSSR count). The first kappa shape index (κ1) is 25.0. The molecule has 3 aliphatic rings. The maximum absolute atomic E-state index is 13.9. The van der Waals surface area contributed by atoms with E-state index in [0.29, 0.717) is 25.9 Å². The molecule has 0 aliphatic carbocycles. The van der Waals surface area contributed by atoms with E-state index < -0.39 is 22.6 Å². The summed E-state index contributed by atoms with van der Waals surface area (Å²) in [7, 11) is 0. The van der Waals surface area contributed by atoms with E-state index in [1.54, 1.807) is 16.7 Å². The Hall–Kier alpha value is -2.06. The molecule has 0 aromatic heterocycles. The van der Waals surface area contributed by atoms with Crippen LogP contribution in [0, 0.1) is 25.7 Å². The molecule has 0 radical (unpaired) electrons. The molecule has 2 bridgehead atoms. The van der Waals surface area contributed by atoms with Crippen LogP contribution in [0.2, 0.25) is 0 Å². The van der Waals surface area contributed by atoms with Crippen LogP contribution in [0.3, 0.4) is 0 Å². The zero-order valence-electron chi connectivity index (χ0n) is 20.6. The molecule has 2 unspecified atom stereocenters. The Balaban J connectivity index is 1.71. The Bertz CT molecular complexity index is 965. The van der Waals surface area contributed by atoms with E-state index >= 15 is 0 Å². The molecule has 3 heterocycles. The lowest BCUT2D eigenvalue weighted by Gasteiger charge is -2.35. The fourth-order valence-electron chi connectivity index (χ4n) is 6.32. The van der Waals surface area contributed by atoms with Gasteiger partial charge in [-0.05, 0) is 64.0 Å². The van der Waals surface area contributed by atoms with E-state index in [1.807, 2.05) is 39.0 Å². The number of nitrogens with one attached hydrogen (secondary N) is 2. The zero-order valence-corrected chi connectivity index (χ0v) is 21.5. The van der Waals surface area contributed by atoms with E-state index in [0.717, 1.165) is 36.1 Å². The molecule has 8 heteroatoms. The molecule has 3 amide bonds. The van der Waals surface area contributed by atoms with Crippen molar-refractivity contribution in [3.8, 4) is 0 Å². The standard InChI is InChI=1S/C26H37N3O4S/c1-5-13-27-22(31)18-19-24(33)29(14-6-7-15-30)21(26(19)12-11-25(18,4)34-26)23(32)28-20-16(2)9-8-10-17(20)3/h8-10,18-19,21,30H,5-7,11-15H2,1-4H3,(H,27,31)(H,28,32)/t18-,19+,21?,25+,26?/m1/s1. The monoisotopic (exact) mass is 487 g/mol. The van der Waals surface area contributed by atoms with Gasteiger partial charge in [0.25, 0.3) is 0 Å². The number of likely N-dealkylation sites (tertiary alicyclic amines) is 1. The van der Waals surface area contributed by atoms with E-state index in [4.69, 9.17) is 0 Å². The van der Waals surface area contributed by atoms with Gasteiger partial charge in [0.05, 0.1) is 16.6 Å². The van der Waals surface area contributed by atoms with Crippen LogP contribution in [0.15, 0.2) is 18.2 Å². The van der Waals surface area contributed by atoms with Crippen LogP contribution in [0.5, 0.6) is 0 Å². The molecular weight excluding hydrogens is 450 g/mol. The van der Waals surface area contributed by atoms with Crippen molar-refractivity contribution in [3.05, 3.63) is 29.3 Å². The molecule has 34 heavy (non-hydrogen) atoms. The Labute approximate surface area is 206 Å². The van der Waals surface area contributed by atoms with Gasteiger partial charge in [0.2, 0.25) is 17.7 Å². The molecule has 3 fully saturated rings. The normalized spacial score (nSPS) is 31.6. The molecule has 7 nitrogen and oxygen atoms in total. The van der Waals surface area contributed by atoms with E-state index in [9.17, 15) is 19.5 Å². The minimum Gasteiger partial charge on any atom is -0.396 e. The lowest BCUT2D eigenvalue weighted by atomic mass is 9.66.